The summed E-state index contributed by atoms with van der Waals surface area (Å²) in [7, 11) is 0. The topological polar surface area (TPSA) is 15.8 Å². The second-order valence-electron chi connectivity index (χ2n) is 3.39. The summed E-state index contributed by atoms with van der Waals surface area (Å²) < 4.78 is 0. The third-order valence-electron chi connectivity index (χ3n) is 2.11. The molecule has 1 aromatic heterocycles. The van der Waals surface area contributed by atoms with E-state index in [2.05, 4.69) is 37.0 Å². The van der Waals surface area contributed by atoms with Gasteiger partial charge in [-0.05, 0) is 5.92 Å². The molecule has 0 bridgehead atoms. The van der Waals surface area contributed by atoms with E-state index in [1.807, 2.05) is 12.1 Å². The summed E-state index contributed by atoms with van der Waals surface area (Å²) in [5.41, 5.74) is 2.48. The fourth-order valence-electron chi connectivity index (χ4n) is 1.35. The summed E-state index contributed by atoms with van der Waals surface area (Å²) in [6, 6.07) is 11.3. The molecule has 65 valence electrons. The van der Waals surface area contributed by atoms with Crippen LogP contribution < -0.4 is 0 Å². The molecular formula is C11H12NY-. The van der Waals surface area contributed by atoms with Gasteiger partial charge in [0.1, 0.15) is 0 Å². The van der Waals surface area contributed by atoms with Crippen LogP contribution in [0.5, 0.6) is 0 Å². The molecule has 0 unspecified atom stereocenters. The third-order valence-corrected chi connectivity index (χ3v) is 2.11. The van der Waals surface area contributed by atoms with Crippen LogP contribution in [0.2, 0.25) is 0 Å². The average Bonchev–Trinajstić information content (AvgIpc) is 2.46. The molecule has 0 fully saturated rings. The minimum atomic E-state index is 0. The Morgan fingerprint density at radius 1 is 1.38 bits per heavy atom. The molecule has 13 heavy (non-hydrogen) atoms. The van der Waals surface area contributed by atoms with Gasteiger partial charge in [-0.3, -0.25) is 0 Å². The SMILES string of the molecule is CC(C)c1cc2cc[c-]cc2[nH]1.[Y]. The van der Waals surface area contributed by atoms with Crippen LogP contribution in [-0.2, 0) is 32.7 Å². The second kappa shape index (κ2) is 4.39. The first-order valence-corrected chi connectivity index (χ1v) is 4.26. The summed E-state index contributed by atoms with van der Waals surface area (Å²) in [6.07, 6.45) is 0. The molecule has 1 nitrogen and oxygen atoms in total. The summed E-state index contributed by atoms with van der Waals surface area (Å²) >= 11 is 0. The fourth-order valence-corrected chi connectivity index (χ4v) is 1.35. The predicted octanol–water partition coefficient (Wildman–Crippen LogP) is 3.09. The molecule has 0 spiro atoms. The van der Waals surface area contributed by atoms with Crippen LogP contribution >= 0.6 is 0 Å². The number of hydrogen-bond donors (Lipinski definition) is 1. The maximum atomic E-state index is 3.36. The van der Waals surface area contributed by atoms with Crippen molar-refractivity contribution < 1.29 is 32.7 Å². The number of rotatable bonds is 1. The van der Waals surface area contributed by atoms with Gasteiger partial charge in [0.05, 0.1) is 0 Å². The van der Waals surface area contributed by atoms with E-state index in [1.54, 1.807) is 0 Å². The van der Waals surface area contributed by atoms with Crippen LogP contribution in [0.1, 0.15) is 25.5 Å². The Morgan fingerprint density at radius 2 is 2.15 bits per heavy atom. The molecule has 0 aliphatic rings. The Hall–Kier alpha value is -0.136. The van der Waals surface area contributed by atoms with Crippen molar-refractivity contribution in [2.45, 2.75) is 19.8 Å². The number of aromatic nitrogens is 1. The Balaban J connectivity index is 0.000000845. The Morgan fingerprint density at radius 3 is 2.77 bits per heavy atom. The molecule has 2 aromatic rings. The van der Waals surface area contributed by atoms with Gasteiger partial charge in [-0.1, -0.05) is 25.4 Å². The van der Waals surface area contributed by atoms with Crippen LogP contribution in [0.15, 0.2) is 24.3 Å². The molecule has 2 heteroatoms. The minimum absolute atomic E-state index is 0. The van der Waals surface area contributed by atoms with E-state index in [9.17, 15) is 0 Å². The quantitative estimate of drug-likeness (QED) is 0.745. The van der Waals surface area contributed by atoms with E-state index in [4.69, 9.17) is 0 Å². The maximum absolute atomic E-state index is 3.36. The van der Waals surface area contributed by atoms with Crippen molar-refractivity contribution in [2.24, 2.45) is 0 Å². The van der Waals surface area contributed by atoms with Gasteiger partial charge >= 0.3 is 0 Å². The number of benzene rings is 1. The van der Waals surface area contributed by atoms with Crippen molar-refractivity contribution in [1.82, 2.24) is 4.98 Å². The summed E-state index contributed by atoms with van der Waals surface area (Å²) in [5.74, 6) is 0.567. The predicted molar refractivity (Wildman–Crippen MR) is 51.2 cm³/mol. The first kappa shape index (κ1) is 10.9. The van der Waals surface area contributed by atoms with E-state index in [-0.39, 0.29) is 32.7 Å². The first-order chi connectivity index (χ1) is 5.77. The van der Waals surface area contributed by atoms with E-state index in [1.165, 1.54) is 16.6 Å². The van der Waals surface area contributed by atoms with E-state index in [0.29, 0.717) is 5.92 Å². The largest absolute Gasteiger partial charge is 0.411 e. The molecule has 0 saturated carbocycles. The summed E-state index contributed by atoms with van der Waals surface area (Å²) in [4.78, 5) is 3.36. The van der Waals surface area contributed by atoms with Gasteiger partial charge in [0.15, 0.2) is 0 Å². The normalized spacial score (nSPS) is 10.4. The Kier molecular flexibility index (Phi) is 3.69. The maximum Gasteiger partial charge on any atom is 0.00528 e. The average molecular weight is 247 g/mol. The number of fused-ring (bicyclic) bond motifs is 1. The second-order valence-corrected chi connectivity index (χ2v) is 3.39. The van der Waals surface area contributed by atoms with Gasteiger partial charge in [-0.2, -0.15) is 24.3 Å². The number of nitrogens with one attached hydrogen (secondary N) is 1. The fraction of sp³-hybridized carbons (Fsp3) is 0.273. The molecule has 2 rings (SSSR count). The zero-order valence-corrected chi connectivity index (χ0v) is 10.8. The summed E-state index contributed by atoms with van der Waals surface area (Å²) in [5, 5.41) is 1.28. The molecule has 0 aliphatic heterocycles. The zero-order valence-electron chi connectivity index (χ0n) is 7.96. The molecule has 0 saturated heterocycles. The minimum Gasteiger partial charge on any atom is -0.411 e. The molecule has 0 aliphatic carbocycles. The van der Waals surface area contributed by atoms with Gasteiger partial charge in [-0.25, -0.2) is 0 Å². The van der Waals surface area contributed by atoms with Crippen molar-refractivity contribution in [2.75, 3.05) is 0 Å². The number of H-pyrrole nitrogens is 1. The Labute approximate surface area is 104 Å². The van der Waals surface area contributed by atoms with Crippen LogP contribution in [0.3, 0.4) is 0 Å². The van der Waals surface area contributed by atoms with Gasteiger partial charge < -0.3 is 4.98 Å². The van der Waals surface area contributed by atoms with Gasteiger partial charge in [0.2, 0.25) is 0 Å². The molecular weight excluding hydrogens is 235 g/mol. The van der Waals surface area contributed by atoms with E-state index < -0.39 is 0 Å². The van der Waals surface area contributed by atoms with E-state index in [0.717, 1.165) is 0 Å². The molecule has 1 heterocycles. The molecule has 1 radical (unpaired) electrons. The molecule has 1 aromatic carbocycles. The standard InChI is InChI=1S/C11H12N.Y/c1-8(2)11-7-9-5-3-4-6-10(9)12-11;/h3,5-8,12H,1-2H3;/q-1;. The zero-order chi connectivity index (χ0) is 8.55. The summed E-state index contributed by atoms with van der Waals surface area (Å²) in [6.45, 7) is 4.38. The first-order valence-electron chi connectivity index (χ1n) is 4.26. The monoisotopic (exact) mass is 247 g/mol. The van der Waals surface area contributed by atoms with Crippen LogP contribution in [-0.4, -0.2) is 4.98 Å². The smallest absolute Gasteiger partial charge is 0.00528 e. The molecule has 1 N–H and O–H groups in total. The number of hydrogen-bond acceptors (Lipinski definition) is 0. The van der Waals surface area contributed by atoms with E-state index >= 15 is 0 Å². The number of aromatic amines is 1. The van der Waals surface area contributed by atoms with Crippen LogP contribution in [0.4, 0.5) is 0 Å². The van der Waals surface area contributed by atoms with Gasteiger partial charge in [0.25, 0.3) is 0 Å². The van der Waals surface area contributed by atoms with Crippen molar-refractivity contribution in [3.63, 3.8) is 0 Å². The van der Waals surface area contributed by atoms with Crippen molar-refractivity contribution in [3.8, 4) is 0 Å². The van der Waals surface area contributed by atoms with Crippen molar-refractivity contribution in [3.05, 3.63) is 36.0 Å². The van der Waals surface area contributed by atoms with Gasteiger partial charge in [-0.15, -0.1) is 5.39 Å². The third kappa shape index (κ3) is 2.21. The van der Waals surface area contributed by atoms with Crippen molar-refractivity contribution >= 4 is 10.9 Å². The van der Waals surface area contributed by atoms with Crippen molar-refractivity contribution in [1.29, 1.82) is 0 Å². The van der Waals surface area contributed by atoms with Gasteiger partial charge in [0, 0.05) is 38.4 Å². The molecule has 0 amide bonds. The molecule has 0 atom stereocenters. The Bertz CT molecular complexity index is 357. The van der Waals surface area contributed by atoms with Crippen LogP contribution in [0, 0.1) is 6.07 Å². The van der Waals surface area contributed by atoms with Crippen LogP contribution in [0.25, 0.3) is 10.9 Å².